The topological polar surface area (TPSA) is 58.3 Å². The van der Waals surface area contributed by atoms with E-state index >= 15 is 0 Å². The van der Waals surface area contributed by atoms with Crippen molar-refractivity contribution in [3.63, 3.8) is 0 Å². The molecule has 1 atom stereocenters. The second-order valence-corrected chi connectivity index (χ2v) is 6.43. The monoisotopic (exact) mass is 316 g/mol. The highest BCUT2D eigenvalue weighted by Gasteiger charge is 2.11. The first-order valence-electron chi connectivity index (χ1n) is 7.55. The third kappa shape index (κ3) is 3.55. The van der Waals surface area contributed by atoms with Gasteiger partial charge >= 0.3 is 0 Å². The van der Waals surface area contributed by atoms with Gasteiger partial charge in [0.25, 0.3) is 0 Å². The molecule has 0 spiro atoms. The van der Waals surface area contributed by atoms with Crippen molar-refractivity contribution in [2.45, 2.75) is 32.4 Å². The minimum atomic E-state index is 0.245. The van der Waals surface area contributed by atoms with E-state index in [2.05, 4.69) is 23.3 Å². The van der Waals surface area contributed by atoms with Crippen LogP contribution < -0.4 is 5.32 Å². The number of aliphatic hydroxyl groups is 1. The van der Waals surface area contributed by atoms with Gasteiger partial charge in [-0.2, -0.15) is 0 Å². The summed E-state index contributed by atoms with van der Waals surface area (Å²) in [5, 5.41) is 13.2. The Morgan fingerprint density at radius 3 is 2.95 bits per heavy atom. The quantitative estimate of drug-likeness (QED) is 0.696. The summed E-state index contributed by atoms with van der Waals surface area (Å²) in [4.78, 5) is 4.61. The lowest BCUT2D eigenvalue weighted by molar-refractivity contribution is 0.275. The summed E-state index contributed by atoms with van der Waals surface area (Å²) in [5.74, 6) is 1.73. The van der Waals surface area contributed by atoms with Gasteiger partial charge in [0, 0.05) is 12.6 Å². The summed E-state index contributed by atoms with van der Waals surface area (Å²) in [6.07, 6.45) is 1.78. The molecule has 0 aliphatic heterocycles. The number of hydrogen-bond acceptors (Lipinski definition) is 5. The smallest absolute Gasteiger partial charge is 0.163 e. The van der Waals surface area contributed by atoms with Gasteiger partial charge in [-0.3, -0.25) is 0 Å². The van der Waals surface area contributed by atoms with E-state index in [1.54, 1.807) is 11.3 Å². The summed E-state index contributed by atoms with van der Waals surface area (Å²) in [7, 11) is 0. The average Bonchev–Trinajstić information content (AvgIpc) is 3.16. The number of nitrogens with one attached hydrogen (secondary N) is 1. The Balaban J connectivity index is 1.65. The molecule has 0 fully saturated rings. The number of furan rings is 1. The van der Waals surface area contributed by atoms with E-state index in [0.29, 0.717) is 12.6 Å². The van der Waals surface area contributed by atoms with E-state index in [0.717, 1.165) is 34.9 Å². The summed E-state index contributed by atoms with van der Waals surface area (Å²) in [6, 6.07) is 12.4. The van der Waals surface area contributed by atoms with Crippen LogP contribution in [0.15, 0.2) is 40.8 Å². The fourth-order valence-electron chi connectivity index (χ4n) is 2.34. The number of thiazole rings is 1. The van der Waals surface area contributed by atoms with Crippen LogP contribution in [-0.4, -0.2) is 22.7 Å². The third-order valence-corrected chi connectivity index (χ3v) is 4.64. The standard InChI is InChI=1S/C17H20N2O2S/c1-12(5-4-10-20)18-11-13-8-9-15(21-13)17-19-14-6-2-3-7-16(14)22-17/h2-3,6-9,12,18,20H,4-5,10-11H2,1H3. The van der Waals surface area contributed by atoms with E-state index in [1.807, 2.05) is 30.3 Å². The first kappa shape index (κ1) is 15.2. The highest BCUT2D eigenvalue weighted by atomic mass is 32.1. The summed E-state index contributed by atoms with van der Waals surface area (Å²) < 4.78 is 7.06. The largest absolute Gasteiger partial charge is 0.457 e. The highest BCUT2D eigenvalue weighted by molar-refractivity contribution is 7.21. The van der Waals surface area contributed by atoms with Crippen LogP contribution in [0, 0.1) is 0 Å². The first-order valence-corrected chi connectivity index (χ1v) is 8.37. The lowest BCUT2D eigenvalue weighted by atomic mass is 10.2. The van der Waals surface area contributed by atoms with Crippen molar-refractivity contribution in [2.24, 2.45) is 0 Å². The predicted molar refractivity (Wildman–Crippen MR) is 89.9 cm³/mol. The number of nitrogens with zero attached hydrogens (tertiary/aromatic N) is 1. The fourth-order valence-corrected chi connectivity index (χ4v) is 3.27. The van der Waals surface area contributed by atoms with E-state index < -0.39 is 0 Å². The molecular weight excluding hydrogens is 296 g/mol. The number of aromatic nitrogens is 1. The molecule has 2 aromatic heterocycles. The molecule has 0 aliphatic carbocycles. The molecule has 3 aromatic rings. The van der Waals surface area contributed by atoms with Gasteiger partial charge in [0.2, 0.25) is 0 Å². The van der Waals surface area contributed by atoms with E-state index in [4.69, 9.17) is 9.52 Å². The molecule has 0 saturated heterocycles. The second-order valence-electron chi connectivity index (χ2n) is 5.40. The summed E-state index contributed by atoms with van der Waals surface area (Å²) >= 11 is 1.65. The second kappa shape index (κ2) is 7.05. The number of benzene rings is 1. The van der Waals surface area contributed by atoms with Crippen molar-refractivity contribution < 1.29 is 9.52 Å². The van der Waals surface area contributed by atoms with E-state index in [9.17, 15) is 0 Å². The molecule has 2 heterocycles. The Hall–Kier alpha value is -1.69. The van der Waals surface area contributed by atoms with Gasteiger partial charge in [0.05, 0.1) is 16.8 Å². The Labute approximate surface area is 133 Å². The molecule has 0 radical (unpaired) electrons. The summed E-state index contributed by atoms with van der Waals surface area (Å²) in [6.45, 7) is 3.05. The van der Waals surface area contributed by atoms with Gasteiger partial charge in [-0.1, -0.05) is 12.1 Å². The number of para-hydroxylation sites is 1. The highest BCUT2D eigenvalue weighted by Crippen LogP contribution is 2.31. The minimum absolute atomic E-state index is 0.245. The van der Waals surface area contributed by atoms with Crippen LogP contribution in [0.2, 0.25) is 0 Å². The molecule has 1 aromatic carbocycles. The third-order valence-electron chi connectivity index (χ3n) is 3.59. The molecule has 5 heteroatoms. The fraction of sp³-hybridized carbons (Fsp3) is 0.353. The van der Waals surface area contributed by atoms with Gasteiger partial charge in [-0.05, 0) is 44.0 Å². The van der Waals surface area contributed by atoms with Crippen LogP contribution in [0.1, 0.15) is 25.5 Å². The van der Waals surface area contributed by atoms with Gasteiger partial charge in [0.1, 0.15) is 5.76 Å². The Morgan fingerprint density at radius 1 is 1.27 bits per heavy atom. The van der Waals surface area contributed by atoms with Crippen LogP contribution in [0.3, 0.4) is 0 Å². The molecule has 4 nitrogen and oxygen atoms in total. The molecule has 1 unspecified atom stereocenters. The van der Waals surface area contributed by atoms with Crippen LogP contribution in [0.25, 0.3) is 21.0 Å². The molecule has 3 rings (SSSR count). The first-order chi connectivity index (χ1) is 10.8. The van der Waals surface area contributed by atoms with Crippen molar-refractivity contribution in [3.05, 3.63) is 42.2 Å². The van der Waals surface area contributed by atoms with E-state index in [-0.39, 0.29) is 6.61 Å². The van der Waals surface area contributed by atoms with Crippen LogP contribution in [-0.2, 0) is 6.54 Å². The number of fused-ring (bicyclic) bond motifs is 1. The average molecular weight is 316 g/mol. The zero-order valence-electron chi connectivity index (χ0n) is 12.6. The lowest BCUT2D eigenvalue weighted by Crippen LogP contribution is -2.25. The van der Waals surface area contributed by atoms with Crippen molar-refractivity contribution in [2.75, 3.05) is 6.61 Å². The zero-order chi connectivity index (χ0) is 15.4. The maximum atomic E-state index is 8.84. The van der Waals surface area contributed by atoms with Gasteiger partial charge in [-0.25, -0.2) is 4.98 Å². The van der Waals surface area contributed by atoms with Crippen molar-refractivity contribution in [3.8, 4) is 10.8 Å². The van der Waals surface area contributed by atoms with Gasteiger partial charge in [-0.15, -0.1) is 11.3 Å². The predicted octanol–water partition coefficient (Wildman–Crippen LogP) is 3.81. The normalized spacial score (nSPS) is 12.8. The lowest BCUT2D eigenvalue weighted by Gasteiger charge is -2.11. The van der Waals surface area contributed by atoms with E-state index in [1.165, 1.54) is 4.70 Å². The Bertz CT molecular complexity index is 702. The molecule has 0 bridgehead atoms. The Kier molecular flexibility index (Phi) is 4.87. The zero-order valence-corrected chi connectivity index (χ0v) is 13.4. The number of rotatable bonds is 7. The van der Waals surface area contributed by atoms with Crippen LogP contribution >= 0.6 is 11.3 Å². The molecular formula is C17H20N2O2S. The summed E-state index contributed by atoms with van der Waals surface area (Å²) in [5.41, 5.74) is 1.01. The van der Waals surface area contributed by atoms with Crippen molar-refractivity contribution in [1.29, 1.82) is 0 Å². The molecule has 22 heavy (non-hydrogen) atoms. The molecule has 2 N–H and O–H groups in total. The molecule has 116 valence electrons. The van der Waals surface area contributed by atoms with Crippen molar-refractivity contribution in [1.82, 2.24) is 10.3 Å². The number of aliphatic hydroxyl groups excluding tert-OH is 1. The van der Waals surface area contributed by atoms with Gasteiger partial charge in [0.15, 0.2) is 10.8 Å². The Morgan fingerprint density at radius 2 is 2.14 bits per heavy atom. The molecule has 0 amide bonds. The SMILES string of the molecule is CC(CCCO)NCc1ccc(-c2nc3ccccc3s2)o1. The maximum absolute atomic E-state index is 8.84. The number of hydrogen-bond donors (Lipinski definition) is 2. The van der Waals surface area contributed by atoms with Crippen molar-refractivity contribution >= 4 is 21.6 Å². The molecule has 0 saturated carbocycles. The minimum Gasteiger partial charge on any atom is -0.457 e. The van der Waals surface area contributed by atoms with Gasteiger partial charge < -0.3 is 14.8 Å². The molecule has 0 aliphatic rings. The van der Waals surface area contributed by atoms with Crippen LogP contribution in [0.4, 0.5) is 0 Å². The van der Waals surface area contributed by atoms with Crippen LogP contribution in [0.5, 0.6) is 0 Å². The maximum Gasteiger partial charge on any atom is 0.163 e.